The van der Waals surface area contributed by atoms with E-state index in [1.807, 2.05) is 24.3 Å². The van der Waals surface area contributed by atoms with E-state index in [4.69, 9.17) is 18.9 Å². The van der Waals surface area contributed by atoms with Crippen LogP contribution in [0.25, 0.3) is 0 Å². The second-order valence-electron chi connectivity index (χ2n) is 7.33. The molecule has 0 radical (unpaired) electrons. The summed E-state index contributed by atoms with van der Waals surface area (Å²) in [6.45, 7) is 6.39. The molecular weight excluding hydrogens is 332 g/mol. The van der Waals surface area contributed by atoms with E-state index in [0.717, 1.165) is 35.7 Å². The van der Waals surface area contributed by atoms with E-state index in [1.54, 1.807) is 13.2 Å². The van der Waals surface area contributed by atoms with Gasteiger partial charge in [-0.2, -0.15) is 0 Å². The fourth-order valence-electron chi connectivity index (χ4n) is 4.43. The third-order valence-electron chi connectivity index (χ3n) is 6.01. The Morgan fingerprint density at radius 1 is 1.35 bits per heavy atom. The Balaban J connectivity index is 1.61. The minimum Gasteiger partial charge on any atom is -0.493 e. The van der Waals surface area contributed by atoms with Gasteiger partial charge in [-0.3, -0.25) is 4.79 Å². The van der Waals surface area contributed by atoms with Crippen LogP contribution in [0.3, 0.4) is 0 Å². The van der Waals surface area contributed by atoms with Crippen LogP contribution in [0.4, 0.5) is 0 Å². The van der Waals surface area contributed by atoms with Crippen LogP contribution in [-0.2, 0) is 20.7 Å². The van der Waals surface area contributed by atoms with Crippen LogP contribution in [0, 0.1) is 11.3 Å². The minimum absolute atomic E-state index is 0.00928. The Bertz CT molecular complexity index is 768. The first-order chi connectivity index (χ1) is 12.6. The molecule has 4 atom stereocenters. The Hall–Kier alpha value is -2.27. The van der Waals surface area contributed by atoms with Gasteiger partial charge >= 0.3 is 0 Å². The monoisotopic (exact) mass is 356 g/mol. The van der Waals surface area contributed by atoms with Crippen LogP contribution in [0.15, 0.2) is 42.7 Å². The fraction of sp³-hybridized carbons (Fsp3) is 0.476. The average molecular weight is 356 g/mol. The van der Waals surface area contributed by atoms with Crippen molar-refractivity contribution in [1.29, 1.82) is 0 Å². The van der Waals surface area contributed by atoms with E-state index < -0.39 is 6.10 Å². The van der Waals surface area contributed by atoms with Crippen molar-refractivity contribution in [2.24, 2.45) is 11.3 Å². The first kappa shape index (κ1) is 17.2. The predicted molar refractivity (Wildman–Crippen MR) is 96.1 cm³/mol. The van der Waals surface area contributed by atoms with Gasteiger partial charge in [-0.1, -0.05) is 19.1 Å². The molecule has 0 N–H and O–H groups in total. The van der Waals surface area contributed by atoms with Gasteiger partial charge in [-0.15, -0.1) is 6.58 Å². The van der Waals surface area contributed by atoms with Gasteiger partial charge in [0.1, 0.15) is 18.0 Å². The highest BCUT2D eigenvalue weighted by Gasteiger charge is 2.54. The quantitative estimate of drug-likeness (QED) is 0.757. The van der Waals surface area contributed by atoms with Crippen molar-refractivity contribution in [3.8, 4) is 11.5 Å². The molecule has 0 bridgehead atoms. The molecule has 3 aliphatic rings. The van der Waals surface area contributed by atoms with Crippen LogP contribution >= 0.6 is 0 Å². The number of carbonyl (C=O) groups excluding carboxylic acids is 1. The van der Waals surface area contributed by atoms with Gasteiger partial charge in [-0.05, 0) is 30.5 Å². The Morgan fingerprint density at radius 2 is 2.15 bits per heavy atom. The van der Waals surface area contributed by atoms with Gasteiger partial charge in [0.25, 0.3) is 0 Å². The molecule has 0 spiro atoms. The van der Waals surface area contributed by atoms with Gasteiger partial charge in [0.2, 0.25) is 6.79 Å². The summed E-state index contributed by atoms with van der Waals surface area (Å²) in [4.78, 5) is 12.3. The lowest BCUT2D eigenvalue weighted by molar-refractivity contribution is -0.127. The van der Waals surface area contributed by atoms with E-state index in [0.29, 0.717) is 6.42 Å². The van der Waals surface area contributed by atoms with Crippen LogP contribution in [0.2, 0.25) is 0 Å². The number of fused-ring (bicyclic) bond motifs is 2. The standard InChI is InChI=1S/C21H24O5/c1-4-7-21-11-19(23-3)15(22)10-20(21)26-17(13(21)2)8-14-5-6-16-18(9-14)25-12-24-16/h4-6,9-10,13,17,19H,1,7-8,11-12H2,2-3H3/t13-,17+,19+,21-/m1/s1. The van der Waals surface area contributed by atoms with Gasteiger partial charge in [-0.25, -0.2) is 0 Å². The molecule has 0 saturated carbocycles. The third kappa shape index (κ3) is 2.62. The zero-order chi connectivity index (χ0) is 18.3. The van der Waals surface area contributed by atoms with Crippen molar-refractivity contribution in [3.63, 3.8) is 0 Å². The summed E-state index contributed by atoms with van der Waals surface area (Å²) in [5, 5.41) is 0. The Morgan fingerprint density at radius 3 is 2.92 bits per heavy atom. The first-order valence-corrected chi connectivity index (χ1v) is 9.02. The summed E-state index contributed by atoms with van der Waals surface area (Å²) in [5.41, 5.74) is 0.908. The van der Waals surface area contributed by atoms with E-state index in [9.17, 15) is 4.79 Å². The second-order valence-corrected chi connectivity index (χ2v) is 7.33. The van der Waals surface area contributed by atoms with Gasteiger partial charge in [0.05, 0.1) is 0 Å². The number of methoxy groups -OCH3 is 1. The number of benzene rings is 1. The lowest BCUT2D eigenvalue weighted by Crippen LogP contribution is -2.40. The number of rotatable bonds is 5. The zero-order valence-electron chi connectivity index (χ0n) is 15.2. The Labute approximate surface area is 153 Å². The number of ether oxygens (including phenoxy) is 4. The van der Waals surface area contributed by atoms with Crippen molar-refractivity contribution in [2.45, 2.75) is 38.4 Å². The summed E-state index contributed by atoms with van der Waals surface area (Å²) < 4.78 is 22.6. The maximum Gasteiger partial charge on any atom is 0.231 e. The topological polar surface area (TPSA) is 54.0 Å². The summed E-state index contributed by atoms with van der Waals surface area (Å²) in [6, 6.07) is 5.99. The molecule has 5 nitrogen and oxygen atoms in total. The van der Waals surface area contributed by atoms with Crippen molar-refractivity contribution in [1.82, 2.24) is 0 Å². The van der Waals surface area contributed by atoms with Crippen molar-refractivity contribution >= 4 is 5.78 Å². The van der Waals surface area contributed by atoms with Crippen molar-refractivity contribution < 1.29 is 23.7 Å². The average Bonchev–Trinajstić information content (AvgIpc) is 3.19. The summed E-state index contributed by atoms with van der Waals surface area (Å²) >= 11 is 0. The largest absolute Gasteiger partial charge is 0.493 e. The maximum atomic E-state index is 12.3. The van der Waals surface area contributed by atoms with E-state index in [2.05, 4.69) is 13.5 Å². The molecule has 1 aromatic carbocycles. The smallest absolute Gasteiger partial charge is 0.231 e. The molecule has 2 heterocycles. The molecule has 26 heavy (non-hydrogen) atoms. The molecule has 4 rings (SSSR count). The lowest BCUT2D eigenvalue weighted by atomic mass is 9.65. The van der Waals surface area contributed by atoms with E-state index in [1.165, 1.54) is 0 Å². The Kier molecular flexibility index (Phi) is 4.27. The predicted octanol–water partition coefficient (Wildman–Crippen LogP) is 3.43. The summed E-state index contributed by atoms with van der Waals surface area (Å²) in [5.74, 6) is 2.57. The molecule has 0 unspecified atom stereocenters. The normalized spacial score (nSPS) is 32.0. The molecule has 1 fully saturated rings. The second kappa shape index (κ2) is 6.47. The number of hydrogen-bond acceptors (Lipinski definition) is 5. The van der Waals surface area contributed by atoms with Crippen LogP contribution in [0.1, 0.15) is 25.3 Å². The zero-order valence-corrected chi connectivity index (χ0v) is 15.2. The maximum absolute atomic E-state index is 12.3. The number of hydrogen-bond donors (Lipinski definition) is 0. The highest BCUT2D eigenvalue weighted by Crippen LogP contribution is 2.55. The molecule has 5 heteroatoms. The summed E-state index contributed by atoms with van der Waals surface area (Å²) in [6.07, 6.45) is 5.29. The number of ketones is 1. The molecule has 2 aliphatic heterocycles. The third-order valence-corrected chi connectivity index (χ3v) is 6.01. The van der Waals surface area contributed by atoms with Crippen molar-refractivity contribution in [2.75, 3.05) is 13.9 Å². The molecular formula is C21H24O5. The van der Waals surface area contributed by atoms with Crippen molar-refractivity contribution in [3.05, 3.63) is 48.3 Å². The number of carbonyl (C=O) groups is 1. The first-order valence-electron chi connectivity index (χ1n) is 9.02. The minimum atomic E-state index is -0.408. The van der Waals surface area contributed by atoms with Gasteiger partial charge < -0.3 is 18.9 Å². The van der Waals surface area contributed by atoms with Gasteiger partial charge in [0.15, 0.2) is 17.3 Å². The molecule has 1 aromatic rings. The van der Waals surface area contributed by atoms with Crippen LogP contribution in [-0.4, -0.2) is 31.9 Å². The molecule has 0 amide bonds. The van der Waals surface area contributed by atoms with E-state index in [-0.39, 0.29) is 30.0 Å². The van der Waals surface area contributed by atoms with E-state index >= 15 is 0 Å². The fourth-order valence-corrected chi connectivity index (χ4v) is 4.43. The lowest BCUT2D eigenvalue weighted by Gasteiger charge is -2.37. The highest BCUT2D eigenvalue weighted by molar-refractivity contribution is 5.95. The molecule has 1 aliphatic carbocycles. The molecule has 0 aromatic heterocycles. The molecule has 1 saturated heterocycles. The van der Waals surface area contributed by atoms with Gasteiger partial charge in [0, 0.05) is 30.9 Å². The van der Waals surface area contributed by atoms with Crippen LogP contribution < -0.4 is 9.47 Å². The highest BCUT2D eigenvalue weighted by atomic mass is 16.7. The van der Waals surface area contributed by atoms with Crippen LogP contribution in [0.5, 0.6) is 11.5 Å². The number of allylic oxidation sites excluding steroid dienone is 2. The summed E-state index contributed by atoms with van der Waals surface area (Å²) in [7, 11) is 1.59. The SMILES string of the molecule is C=CC[C@]12C[C@H](OC)C(=O)C=C1O[C@@H](Cc1ccc3c(c1)OCO3)[C@H]2C. The molecule has 138 valence electrons.